The number of aromatic amines is 2. The van der Waals surface area contributed by atoms with Gasteiger partial charge in [-0.25, -0.2) is 14.6 Å². The molecule has 2 aromatic heterocycles. The Morgan fingerprint density at radius 3 is 2.18 bits per heavy atom. The van der Waals surface area contributed by atoms with E-state index in [0.717, 1.165) is 63.3 Å². The van der Waals surface area contributed by atoms with Gasteiger partial charge in [0.1, 0.15) is 12.3 Å². The average Bonchev–Trinajstić information content (AvgIpc) is 3.51. The van der Waals surface area contributed by atoms with Crippen LogP contribution in [0.2, 0.25) is 0 Å². The number of carbonyl (C=O) groups excluding carboxylic acids is 2. The predicted molar refractivity (Wildman–Crippen MR) is 165 cm³/mol. The first kappa shape index (κ1) is 32.2. The molecule has 5 rings (SSSR count). The summed E-state index contributed by atoms with van der Waals surface area (Å²) in [7, 11) is 2.86. The molecule has 0 radical (unpaired) electrons. The Labute approximate surface area is 262 Å². The molecule has 0 bridgehead atoms. The number of hydrogen-bond donors (Lipinski definition) is 2. The summed E-state index contributed by atoms with van der Waals surface area (Å²) in [6, 6.07) is 19.3. The Bertz CT molecular complexity index is 1570. The lowest BCUT2D eigenvalue weighted by atomic mass is 9.98. The molecule has 10 nitrogen and oxygen atoms in total. The molecule has 0 spiro atoms. The lowest BCUT2D eigenvalue weighted by Gasteiger charge is -2.36. The summed E-state index contributed by atoms with van der Waals surface area (Å²) in [5, 5.41) is 0. The molecule has 238 valence electrons. The van der Waals surface area contributed by atoms with Crippen LogP contribution in [0.1, 0.15) is 86.4 Å². The molecule has 0 unspecified atom stereocenters. The number of benzene rings is 2. The van der Waals surface area contributed by atoms with Gasteiger partial charge >= 0.3 is 11.9 Å². The zero-order chi connectivity index (χ0) is 31.8. The smallest absolute Gasteiger partial charge is 0.355 e. The molecule has 1 aliphatic rings. The van der Waals surface area contributed by atoms with Crippen LogP contribution in [0.25, 0.3) is 0 Å². The average molecular weight is 617 g/mol. The minimum absolute atomic E-state index is 0.156. The maximum Gasteiger partial charge on any atom is 0.355 e. The van der Waals surface area contributed by atoms with Crippen molar-refractivity contribution in [2.24, 2.45) is 0 Å². The van der Waals surface area contributed by atoms with Gasteiger partial charge in [0.05, 0.1) is 26.5 Å². The van der Waals surface area contributed by atoms with E-state index in [0.29, 0.717) is 25.1 Å². The van der Waals surface area contributed by atoms with E-state index in [9.17, 15) is 9.59 Å². The molecular weight excluding hydrogens is 576 g/mol. The van der Waals surface area contributed by atoms with Gasteiger partial charge in [-0.05, 0) is 60.9 Å². The van der Waals surface area contributed by atoms with Crippen molar-refractivity contribution in [3.63, 3.8) is 0 Å². The van der Waals surface area contributed by atoms with E-state index in [2.05, 4.69) is 16.9 Å². The van der Waals surface area contributed by atoms with Crippen molar-refractivity contribution in [3.8, 4) is 0 Å². The van der Waals surface area contributed by atoms with Crippen LogP contribution in [0, 0.1) is 13.8 Å². The zero-order valence-corrected chi connectivity index (χ0v) is 26.1. The SMILES string of the molecule is COOCCCc1c(Cc2[nH]c(C(=O)OCc3ccccc3)c(C)c2CCC(=O)OC)[nH]c(C2OC(c3ccccc3)O2)c1C. The van der Waals surface area contributed by atoms with Crippen molar-refractivity contribution in [2.45, 2.75) is 65.1 Å². The predicted octanol–water partition coefficient (Wildman–Crippen LogP) is 6.27. The van der Waals surface area contributed by atoms with Crippen LogP contribution in [-0.4, -0.2) is 42.7 Å². The molecule has 2 N–H and O–H groups in total. The number of carbonyl (C=O) groups is 2. The fourth-order valence-electron chi connectivity index (χ4n) is 5.67. The van der Waals surface area contributed by atoms with Crippen LogP contribution < -0.4 is 0 Å². The fourth-order valence-corrected chi connectivity index (χ4v) is 5.67. The molecule has 3 heterocycles. The second-order valence-electron chi connectivity index (χ2n) is 11.0. The molecule has 2 aromatic carbocycles. The first-order valence-corrected chi connectivity index (χ1v) is 15.1. The van der Waals surface area contributed by atoms with Gasteiger partial charge in [-0.3, -0.25) is 4.79 Å². The summed E-state index contributed by atoms with van der Waals surface area (Å²) in [4.78, 5) is 42.2. The van der Waals surface area contributed by atoms with Gasteiger partial charge < -0.3 is 28.9 Å². The van der Waals surface area contributed by atoms with Crippen molar-refractivity contribution in [3.05, 3.63) is 117 Å². The Morgan fingerprint density at radius 1 is 0.822 bits per heavy atom. The minimum Gasteiger partial charge on any atom is -0.469 e. The Morgan fingerprint density at radius 2 is 1.49 bits per heavy atom. The molecule has 10 heteroatoms. The zero-order valence-electron chi connectivity index (χ0n) is 26.1. The van der Waals surface area contributed by atoms with Gasteiger partial charge in [0.2, 0.25) is 6.29 Å². The fraction of sp³-hybridized carbons (Fsp3) is 0.371. The molecule has 0 amide bonds. The molecule has 0 saturated carbocycles. The van der Waals surface area contributed by atoms with Crippen molar-refractivity contribution in [1.29, 1.82) is 0 Å². The first-order valence-electron chi connectivity index (χ1n) is 15.1. The number of ether oxygens (including phenoxy) is 4. The summed E-state index contributed by atoms with van der Waals surface area (Å²) in [5.41, 5.74) is 8.64. The molecule has 1 aliphatic heterocycles. The van der Waals surface area contributed by atoms with Gasteiger partial charge in [0.15, 0.2) is 6.29 Å². The van der Waals surface area contributed by atoms with E-state index in [1.165, 1.54) is 14.2 Å². The highest BCUT2D eigenvalue weighted by Crippen LogP contribution is 2.43. The highest BCUT2D eigenvalue weighted by Gasteiger charge is 2.36. The van der Waals surface area contributed by atoms with Crippen LogP contribution in [0.4, 0.5) is 0 Å². The van der Waals surface area contributed by atoms with Gasteiger partial charge in [0, 0.05) is 29.8 Å². The maximum atomic E-state index is 13.3. The number of methoxy groups -OCH3 is 1. The van der Waals surface area contributed by atoms with Crippen LogP contribution >= 0.6 is 0 Å². The van der Waals surface area contributed by atoms with Crippen LogP contribution in [0.3, 0.4) is 0 Å². The standard InChI is InChI=1S/C35H40N2O8/c1-22-27(17-18-30(38)40-3)29(36-31(22)33(39)42-21-24-12-7-5-8-13-24)20-28-26(16-11-19-43-41-4)23(2)32(37-28)35-44-34(45-35)25-14-9-6-10-15-25/h5-10,12-15,34-37H,11,16-21H2,1-4H3. The summed E-state index contributed by atoms with van der Waals surface area (Å²) in [6.07, 6.45) is 1.54. The number of aromatic nitrogens is 2. The summed E-state index contributed by atoms with van der Waals surface area (Å²) >= 11 is 0. The van der Waals surface area contributed by atoms with Crippen molar-refractivity contribution >= 4 is 11.9 Å². The van der Waals surface area contributed by atoms with E-state index in [1.54, 1.807) is 0 Å². The number of nitrogens with one attached hydrogen (secondary N) is 2. The van der Waals surface area contributed by atoms with Gasteiger partial charge in [-0.15, -0.1) is 0 Å². The van der Waals surface area contributed by atoms with Gasteiger partial charge in [-0.1, -0.05) is 60.7 Å². The lowest BCUT2D eigenvalue weighted by molar-refractivity contribution is -0.398. The second-order valence-corrected chi connectivity index (χ2v) is 11.0. The Kier molecular flexibility index (Phi) is 10.9. The lowest BCUT2D eigenvalue weighted by Crippen LogP contribution is -2.28. The third-order valence-corrected chi connectivity index (χ3v) is 8.13. The molecule has 1 fully saturated rings. The highest BCUT2D eigenvalue weighted by atomic mass is 17.2. The topological polar surface area (TPSA) is 121 Å². The van der Waals surface area contributed by atoms with E-state index < -0.39 is 18.5 Å². The number of esters is 2. The summed E-state index contributed by atoms with van der Waals surface area (Å²) in [5.74, 6) is -0.774. The molecule has 0 aliphatic carbocycles. The highest BCUT2D eigenvalue weighted by molar-refractivity contribution is 5.90. The van der Waals surface area contributed by atoms with Crippen LogP contribution in [0.5, 0.6) is 0 Å². The Balaban J connectivity index is 1.41. The van der Waals surface area contributed by atoms with E-state index in [-0.39, 0.29) is 19.0 Å². The van der Waals surface area contributed by atoms with Crippen LogP contribution in [0.15, 0.2) is 60.7 Å². The number of hydrogen-bond acceptors (Lipinski definition) is 8. The van der Waals surface area contributed by atoms with Crippen molar-refractivity contribution < 1.29 is 38.3 Å². The minimum atomic E-state index is -0.536. The molecular formula is C35H40N2O8. The summed E-state index contributed by atoms with van der Waals surface area (Å²) < 4.78 is 22.9. The molecule has 1 saturated heterocycles. The second kappa shape index (κ2) is 15.2. The van der Waals surface area contributed by atoms with E-state index in [4.69, 9.17) is 28.7 Å². The molecule has 45 heavy (non-hydrogen) atoms. The third kappa shape index (κ3) is 7.72. The summed E-state index contributed by atoms with van der Waals surface area (Å²) in [6.45, 7) is 4.52. The monoisotopic (exact) mass is 616 g/mol. The molecule has 4 aromatic rings. The first-order chi connectivity index (χ1) is 21.9. The van der Waals surface area contributed by atoms with Gasteiger partial charge in [0.25, 0.3) is 0 Å². The van der Waals surface area contributed by atoms with E-state index in [1.807, 2.05) is 67.6 Å². The third-order valence-electron chi connectivity index (χ3n) is 8.13. The van der Waals surface area contributed by atoms with Crippen molar-refractivity contribution in [1.82, 2.24) is 9.97 Å². The van der Waals surface area contributed by atoms with E-state index >= 15 is 0 Å². The quantitative estimate of drug-likeness (QED) is 0.0694. The van der Waals surface area contributed by atoms with Crippen LogP contribution in [-0.2, 0) is 59.4 Å². The normalized spacial score (nSPS) is 15.9. The van der Waals surface area contributed by atoms with Gasteiger partial charge in [-0.2, -0.15) is 0 Å². The largest absolute Gasteiger partial charge is 0.469 e. The maximum absolute atomic E-state index is 13.3. The number of H-pyrrole nitrogens is 2. The number of rotatable bonds is 15. The Hall–Kier alpha value is -4.22. The molecule has 0 atom stereocenters. The van der Waals surface area contributed by atoms with Crippen molar-refractivity contribution in [2.75, 3.05) is 20.8 Å².